The van der Waals surface area contributed by atoms with Gasteiger partial charge < -0.3 is 15.4 Å². The lowest BCUT2D eigenvalue weighted by Gasteiger charge is -2.22. The number of thioether (sulfide) groups is 1. The number of methoxy groups -OCH3 is 1. The molecule has 98 valence electrons. The van der Waals surface area contributed by atoms with Crippen LogP contribution in [0.1, 0.15) is 0 Å². The molecule has 0 aromatic heterocycles. The van der Waals surface area contributed by atoms with Crippen molar-refractivity contribution in [3.63, 3.8) is 0 Å². The largest absolute Gasteiger partial charge is 0.497 e. The summed E-state index contributed by atoms with van der Waals surface area (Å²) in [6.07, 6.45) is 0. The number of hydrogen-bond donors (Lipinski definition) is 2. The maximum Gasteiger partial charge on any atom is 0.242 e. The Morgan fingerprint density at radius 2 is 2.44 bits per heavy atom. The van der Waals surface area contributed by atoms with E-state index >= 15 is 0 Å². The molecule has 1 aliphatic rings. The third-order valence-electron chi connectivity index (χ3n) is 2.67. The SMILES string of the molecule is COc1ccc(Cl)c(NC(=O)C2CSCCN2)c1. The number of hydrogen-bond acceptors (Lipinski definition) is 4. The molecule has 1 amide bonds. The molecule has 6 heteroatoms. The van der Waals surface area contributed by atoms with E-state index < -0.39 is 0 Å². The fraction of sp³-hybridized carbons (Fsp3) is 0.417. The fourth-order valence-electron chi connectivity index (χ4n) is 1.68. The Morgan fingerprint density at radius 3 is 3.11 bits per heavy atom. The number of nitrogens with one attached hydrogen (secondary N) is 2. The zero-order chi connectivity index (χ0) is 13.0. The first-order chi connectivity index (χ1) is 8.70. The van der Waals surface area contributed by atoms with E-state index in [4.69, 9.17) is 16.3 Å². The number of ether oxygens (including phenoxy) is 1. The molecule has 0 aliphatic carbocycles. The van der Waals surface area contributed by atoms with Gasteiger partial charge in [-0.1, -0.05) is 11.6 Å². The summed E-state index contributed by atoms with van der Waals surface area (Å²) in [5.41, 5.74) is 0.582. The van der Waals surface area contributed by atoms with Gasteiger partial charge in [-0.05, 0) is 12.1 Å². The van der Waals surface area contributed by atoms with Gasteiger partial charge in [-0.25, -0.2) is 0 Å². The number of carbonyl (C=O) groups excluding carboxylic acids is 1. The Hall–Kier alpha value is -0.910. The first kappa shape index (κ1) is 13.5. The highest BCUT2D eigenvalue weighted by atomic mass is 35.5. The van der Waals surface area contributed by atoms with Crippen molar-refractivity contribution in [1.82, 2.24) is 5.32 Å². The summed E-state index contributed by atoms with van der Waals surface area (Å²) in [6, 6.07) is 5.02. The van der Waals surface area contributed by atoms with Crippen LogP contribution in [-0.4, -0.2) is 37.1 Å². The summed E-state index contributed by atoms with van der Waals surface area (Å²) in [4.78, 5) is 12.0. The van der Waals surface area contributed by atoms with Crippen LogP contribution in [0.5, 0.6) is 5.75 Å². The van der Waals surface area contributed by atoms with E-state index in [1.165, 1.54) is 0 Å². The molecule has 2 N–H and O–H groups in total. The van der Waals surface area contributed by atoms with Gasteiger partial charge in [0.05, 0.1) is 23.9 Å². The Kier molecular flexibility index (Phi) is 4.74. The van der Waals surface area contributed by atoms with Crippen molar-refractivity contribution in [1.29, 1.82) is 0 Å². The first-order valence-electron chi connectivity index (χ1n) is 5.66. The molecule has 0 radical (unpaired) electrons. The maximum absolute atomic E-state index is 12.0. The number of halogens is 1. The van der Waals surface area contributed by atoms with Gasteiger partial charge in [0.2, 0.25) is 5.91 Å². The first-order valence-corrected chi connectivity index (χ1v) is 7.19. The van der Waals surface area contributed by atoms with E-state index in [2.05, 4.69) is 10.6 Å². The zero-order valence-electron chi connectivity index (χ0n) is 10.0. The lowest BCUT2D eigenvalue weighted by Crippen LogP contribution is -2.46. The lowest BCUT2D eigenvalue weighted by atomic mass is 10.2. The van der Waals surface area contributed by atoms with Gasteiger partial charge >= 0.3 is 0 Å². The van der Waals surface area contributed by atoms with Crippen molar-refractivity contribution < 1.29 is 9.53 Å². The van der Waals surface area contributed by atoms with Crippen LogP contribution in [0.25, 0.3) is 0 Å². The molecule has 0 saturated carbocycles. The van der Waals surface area contributed by atoms with E-state index in [1.807, 2.05) is 0 Å². The molecule has 4 nitrogen and oxygen atoms in total. The van der Waals surface area contributed by atoms with Crippen LogP contribution in [0.2, 0.25) is 5.02 Å². The number of carbonyl (C=O) groups is 1. The van der Waals surface area contributed by atoms with Gasteiger partial charge in [0.1, 0.15) is 5.75 Å². The van der Waals surface area contributed by atoms with Crippen molar-refractivity contribution in [2.75, 3.05) is 30.5 Å². The Morgan fingerprint density at radius 1 is 1.61 bits per heavy atom. The van der Waals surface area contributed by atoms with Crippen LogP contribution in [0.15, 0.2) is 18.2 Å². The Labute approximate surface area is 115 Å². The van der Waals surface area contributed by atoms with Crippen LogP contribution in [0.4, 0.5) is 5.69 Å². The third kappa shape index (κ3) is 3.31. The van der Waals surface area contributed by atoms with Crippen LogP contribution >= 0.6 is 23.4 Å². The van der Waals surface area contributed by atoms with Crippen molar-refractivity contribution in [2.24, 2.45) is 0 Å². The molecule has 1 aromatic rings. The van der Waals surface area contributed by atoms with Gasteiger partial charge in [-0.15, -0.1) is 0 Å². The molecule has 1 unspecified atom stereocenters. The van der Waals surface area contributed by atoms with E-state index in [1.54, 1.807) is 37.1 Å². The third-order valence-corrected chi connectivity index (χ3v) is 4.06. The minimum absolute atomic E-state index is 0.0580. The minimum atomic E-state index is -0.161. The summed E-state index contributed by atoms with van der Waals surface area (Å²) < 4.78 is 5.11. The van der Waals surface area contributed by atoms with Gasteiger partial charge in [0.25, 0.3) is 0 Å². The van der Waals surface area contributed by atoms with E-state index in [0.29, 0.717) is 16.5 Å². The highest BCUT2D eigenvalue weighted by molar-refractivity contribution is 7.99. The summed E-state index contributed by atoms with van der Waals surface area (Å²) in [6.45, 7) is 0.856. The number of anilines is 1. The van der Waals surface area contributed by atoms with Crippen molar-refractivity contribution in [3.05, 3.63) is 23.2 Å². The minimum Gasteiger partial charge on any atom is -0.497 e. The average Bonchev–Trinajstić information content (AvgIpc) is 2.42. The second-order valence-corrected chi connectivity index (χ2v) is 5.47. The molecule has 0 bridgehead atoms. The highest BCUT2D eigenvalue weighted by Crippen LogP contribution is 2.27. The number of benzene rings is 1. The fourth-order valence-corrected chi connectivity index (χ4v) is 2.78. The number of amides is 1. The monoisotopic (exact) mass is 286 g/mol. The molecule has 1 heterocycles. The second kappa shape index (κ2) is 6.31. The summed E-state index contributed by atoms with van der Waals surface area (Å²) >= 11 is 7.81. The average molecular weight is 287 g/mol. The molecular formula is C12H15ClN2O2S. The zero-order valence-corrected chi connectivity index (χ0v) is 11.6. The Balaban J connectivity index is 2.05. The maximum atomic E-state index is 12.0. The molecule has 1 aromatic carbocycles. The number of rotatable bonds is 3. The quantitative estimate of drug-likeness (QED) is 0.892. The second-order valence-electron chi connectivity index (χ2n) is 3.92. The standard InChI is InChI=1S/C12H15ClN2O2S/c1-17-8-2-3-9(13)10(6-8)15-12(16)11-7-18-5-4-14-11/h2-3,6,11,14H,4-5,7H2,1H3,(H,15,16). The highest BCUT2D eigenvalue weighted by Gasteiger charge is 2.21. The molecule has 1 atom stereocenters. The molecule has 1 saturated heterocycles. The van der Waals surface area contributed by atoms with Crippen LogP contribution in [0, 0.1) is 0 Å². The predicted octanol–water partition coefficient (Wildman–Crippen LogP) is 1.99. The summed E-state index contributed by atoms with van der Waals surface area (Å²) in [5, 5.41) is 6.51. The molecule has 1 aliphatic heterocycles. The molecule has 18 heavy (non-hydrogen) atoms. The van der Waals surface area contributed by atoms with Gasteiger partial charge in [-0.2, -0.15) is 11.8 Å². The van der Waals surface area contributed by atoms with Crippen LogP contribution < -0.4 is 15.4 Å². The van der Waals surface area contributed by atoms with Crippen molar-refractivity contribution in [2.45, 2.75) is 6.04 Å². The summed E-state index contributed by atoms with van der Waals surface area (Å²) in [7, 11) is 1.58. The smallest absolute Gasteiger partial charge is 0.242 e. The van der Waals surface area contributed by atoms with Crippen molar-refractivity contribution >= 4 is 35.0 Å². The van der Waals surface area contributed by atoms with E-state index in [-0.39, 0.29) is 11.9 Å². The van der Waals surface area contributed by atoms with Crippen LogP contribution in [-0.2, 0) is 4.79 Å². The molecule has 2 rings (SSSR count). The Bertz CT molecular complexity index is 436. The van der Waals surface area contributed by atoms with Gasteiger partial charge in [0.15, 0.2) is 0 Å². The van der Waals surface area contributed by atoms with Gasteiger partial charge in [0, 0.05) is 24.1 Å². The summed E-state index contributed by atoms with van der Waals surface area (Å²) in [5.74, 6) is 2.44. The van der Waals surface area contributed by atoms with E-state index in [0.717, 1.165) is 18.1 Å². The van der Waals surface area contributed by atoms with Gasteiger partial charge in [-0.3, -0.25) is 4.79 Å². The molecular weight excluding hydrogens is 272 g/mol. The molecule has 1 fully saturated rings. The van der Waals surface area contributed by atoms with Crippen molar-refractivity contribution in [3.8, 4) is 5.75 Å². The topological polar surface area (TPSA) is 50.4 Å². The molecule has 0 spiro atoms. The van der Waals surface area contributed by atoms with E-state index in [9.17, 15) is 4.79 Å². The van der Waals surface area contributed by atoms with Crippen LogP contribution in [0.3, 0.4) is 0 Å². The lowest BCUT2D eigenvalue weighted by molar-refractivity contribution is -0.117. The predicted molar refractivity (Wildman–Crippen MR) is 75.7 cm³/mol. The normalized spacial score (nSPS) is 19.3.